The van der Waals surface area contributed by atoms with Gasteiger partial charge in [-0.1, -0.05) is 13.0 Å². The van der Waals surface area contributed by atoms with Crippen LogP contribution in [0.15, 0.2) is 17.5 Å². The fourth-order valence-electron chi connectivity index (χ4n) is 2.24. The lowest BCUT2D eigenvalue weighted by atomic mass is 10.1. The zero-order valence-electron chi connectivity index (χ0n) is 10.1. The SMILES string of the molecule is CCC(CC(=O)O)N(Cc1cccs1)C1CC1. The van der Waals surface area contributed by atoms with Crippen molar-refractivity contribution in [1.29, 1.82) is 0 Å². The number of carbonyl (C=O) groups is 1. The Morgan fingerprint density at radius 3 is 2.88 bits per heavy atom. The molecule has 0 spiro atoms. The van der Waals surface area contributed by atoms with Crippen LogP contribution in [0.2, 0.25) is 0 Å². The molecule has 2 rings (SSSR count). The van der Waals surface area contributed by atoms with Crippen LogP contribution in [0.3, 0.4) is 0 Å². The third kappa shape index (κ3) is 3.54. The summed E-state index contributed by atoms with van der Waals surface area (Å²) in [5.41, 5.74) is 0. The number of carboxylic acids is 1. The van der Waals surface area contributed by atoms with Gasteiger partial charge in [0.15, 0.2) is 0 Å². The smallest absolute Gasteiger partial charge is 0.304 e. The quantitative estimate of drug-likeness (QED) is 0.812. The Kier molecular flexibility index (Phi) is 4.18. The second kappa shape index (κ2) is 5.65. The van der Waals surface area contributed by atoms with E-state index in [9.17, 15) is 4.79 Å². The van der Waals surface area contributed by atoms with Gasteiger partial charge in [0.2, 0.25) is 0 Å². The number of hydrogen-bond acceptors (Lipinski definition) is 3. The number of rotatable bonds is 7. The highest BCUT2D eigenvalue weighted by Gasteiger charge is 2.34. The molecule has 1 aromatic heterocycles. The largest absolute Gasteiger partial charge is 0.481 e. The van der Waals surface area contributed by atoms with Crippen molar-refractivity contribution >= 4 is 17.3 Å². The molecule has 94 valence electrons. The van der Waals surface area contributed by atoms with Crippen molar-refractivity contribution in [2.24, 2.45) is 0 Å². The van der Waals surface area contributed by atoms with Crippen molar-refractivity contribution in [3.8, 4) is 0 Å². The van der Waals surface area contributed by atoms with E-state index in [1.807, 2.05) is 0 Å². The average Bonchev–Trinajstić information content (AvgIpc) is 3.01. The van der Waals surface area contributed by atoms with Gasteiger partial charge in [0, 0.05) is 23.5 Å². The van der Waals surface area contributed by atoms with Gasteiger partial charge in [0.25, 0.3) is 0 Å². The van der Waals surface area contributed by atoms with Gasteiger partial charge in [-0.15, -0.1) is 11.3 Å². The van der Waals surface area contributed by atoms with Crippen LogP contribution in [0.4, 0.5) is 0 Å². The van der Waals surface area contributed by atoms with Crippen LogP contribution in [0, 0.1) is 0 Å². The molecule has 1 aliphatic rings. The second-order valence-electron chi connectivity index (χ2n) is 4.64. The molecule has 1 N–H and O–H groups in total. The first kappa shape index (κ1) is 12.6. The van der Waals surface area contributed by atoms with E-state index in [1.165, 1.54) is 17.7 Å². The van der Waals surface area contributed by atoms with Gasteiger partial charge in [-0.3, -0.25) is 9.69 Å². The third-order valence-corrected chi connectivity index (χ3v) is 4.15. The molecule has 0 radical (unpaired) electrons. The van der Waals surface area contributed by atoms with Gasteiger partial charge in [-0.05, 0) is 30.7 Å². The number of nitrogens with zero attached hydrogens (tertiary/aromatic N) is 1. The Morgan fingerprint density at radius 2 is 2.41 bits per heavy atom. The second-order valence-corrected chi connectivity index (χ2v) is 5.68. The van der Waals surface area contributed by atoms with Gasteiger partial charge in [0.1, 0.15) is 0 Å². The number of aliphatic carboxylic acids is 1. The predicted molar refractivity (Wildman–Crippen MR) is 69.2 cm³/mol. The van der Waals surface area contributed by atoms with Crippen molar-refractivity contribution in [2.45, 2.75) is 51.2 Å². The first-order valence-corrected chi connectivity index (χ1v) is 7.08. The lowest BCUT2D eigenvalue weighted by Crippen LogP contribution is -2.37. The average molecular weight is 253 g/mol. The highest BCUT2D eigenvalue weighted by Crippen LogP contribution is 2.32. The van der Waals surface area contributed by atoms with E-state index in [0.717, 1.165) is 13.0 Å². The van der Waals surface area contributed by atoms with E-state index in [1.54, 1.807) is 11.3 Å². The predicted octanol–water partition coefficient (Wildman–Crippen LogP) is 2.97. The Labute approximate surface area is 106 Å². The Hall–Kier alpha value is -0.870. The molecule has 1 fully saturated rings. The molecule has 0 saturated heterocycles. The monoisotopic (exact) mass is 253 g/mol. The molecule has 1 aliphatic carbocycles. The highest BCUT2D eigenvalue weighted by molar-refractivity contribution is 7.09. The van der Waals surface area contributed by atoms with E-state index in [0.29, 0.717) is 6.04 Å². The molecule has 1 atom stereocenters. The molecule has 3 nitrogen and oxygen atoms in total. The van der Waals surface area contributed by atoms with Crippen molar-refractivity contribution < 1.29 is 9.90 Å². The van der Waals surface area contributed by atoms with Gasteiger partial charge < -0.3 is 5.11 Å². The molecular weight excluding hydrogens is 234 g/mol. The first-order chi connectivity index (χ1) is 8.20. The molecule has 0 aliphatic heterocycles. The fourth-order valence-corrected chi connectivity index (χ4v) is 2.96. The normalized spacial score (nSPS) is 17.3. The maximum absolute atomic E-state index is 10.9. The summed E-state index contributed by atoms with van der Waals surface area (Å²) in [4.78, 5) is 14.6. The molecule has 0 amide bonds. The molecule has 1 unspecified atom stereocenters. The van der Waals surface area contributed by atoms with Crippen LogP contribution in [-0.2, 0) is 11.3 Å². The highest BCUT2D eigenvalue weighted by atomic mass is 32.1. The van der Waals surface area contributed by atoms with Crippen molar-refractivity contribution in [3.63, 3.8) is 0 Å². The van der Waals surface area contributed by atoms with Crippen LogP contribution in [-0.4, -0.2) is 28.1 Å². The number of hydrogen-bond donors (Lipinski definition) is 1. The van der Waals surface area contributed by atoms with E-state index >= 15 is 0 Å². The van der Waals surface area contributed by atoms with Gasteiger partial charge in [-0.2, -0.15) is 0 Å². The van der Waals surface area contributed by atoms with Crippen LogP contribution >= 0.6 is 11.3 Å². The number of thiophene rings is 1. The standard InChI is InChI=1S/C13H19NO2S/c1-2-10(8-13(15)16)14(11-5-6-11)9-12-4-3-7-17-12/h3-4,7,10-11H,2,5-6,8-9H2,1H3,(H,15,16). The van der Waals surface area contributed by atoms with E-state index in [4.69, 9.17) is 5.11 Å². The fraction of sp³-hybridized carbons (Fsp3) is 0.615. The van der Waals surface area contributed by atoms with Gasteiger partial charge in [0.05, 0.1) is 6.42 Å². The lowest BCUT2D eigenvalue weighted by molar-refractivity contribution is -0.138. The number of carboxylic acid groups (broad SMARTS) is 1. The molecule has 1 aromatic rings. The summed E-state index contributed by atoms with van der Waals surface area (Å²) in [6, 6.07) is 4.99. The summed E-state index contributed by atoms with van der Waals surface area (Å²) >= 11 is 1.75. The molecule has 0 bridgehead atoms. The summed E-state index contributed by atoms with van der Waals surface area (Å²) in [7, 11) is 0. The lowest BCUT2D eigenvalue weighted by Gasteiger charge is -2.29. The van der Waals surface area contributed by atoms with Crippen LogP contribution in [0.25, 0.3) is 0 Å². The van der Waals surface area contributed by atoms with Gasteiger partial charge in [-0.25, -0.2) is 0 Å². The summed E-state index contributed by atoms with van der Waals surface area (Å²) in [5, 5.41) is 11.1. The topological polar surface area (TPSA) is 40.5 Å². The van der Waals surface area contributed by atoms with E-state index < -0.39 is 5.97 Å². The Bertz CT molecular complexity index is 360. The molecular formula is C13H19NO2S. The summed E-state index contributed by atoms with van der Waals surface area (Å²) in [6.45, 7) is 2.99. The van der Waals surface area contributed by atoms with Crippen LogP contribution in [0.5, 0.6) is 0 Å². The van der Waals surface area contributed by atoms with Crippen LogP contribution in [0.1, 0.15) is 37.5 Å². The first-order valence-electron chi connectivity index (χ1n) is 6.20. The van der Waals surface area contributed by atoms with Crippen molar-refractivity contribution in [3.05, 3.63) is 22.4 Å². The van der Waals surface area contributed by atoms with E-state index in [2.05, 4.69) is 29.3 Å². The maximum Gasteiger partial charge on any atom is 0.304 e. The maximum atomic E-state index is 10.9. The Balaban J connectivity index is 2.02. The molecule has 1 saturated carbocycles. The molecule has 17 heavy (non-hydrogen) atoms. The minimum Gasteiger partial charge on any atom is -0.481 e. The third-order valence-electron chi connectivity index (χ3n) is 3.28. The molecule has 0 aromatic carbocycles. The summed E-state index contributed by atoms with van der Waals surface area (Å²) in [6.07, 6.45) is 3.62. The zero-order valence-corrected chi connectivity index (χ0v) is 10.9. The summed E-state index contributed by atoms with van der Waals surface area (Å²) in [5.74, 6) is -0.686. The van der Waals surface area contributed by atoms with E-state index in [-0.39, 0.29) is 12.5 Å². The van der Waals surface area contributed by atoms with Crippen molar-refractivity contribution in [1.82, 2.24) is 4.90 Å². The minimum atomic E-state index is -0.686. The molecule has 4 heteroatoms. The minimum absolute atomic E-state index is 0.182. The molecule has 1 heterocycles. The van der Waals surface area contributed by atoms with Gasteiger partial charge >= 0.3 is 5.97 Å². The van der Waals surface area contributed by atoms with Crippen LogP contribution < -0.4 is 0 Å². The summed E-state index contributed by atoms with van der Waals surface area (Å²) < 4.78 is 0. The zero-order chi connectivity index (χ0) is 12.3. The Morgan fingerprint density at radius 1 is 1.65 bits per heavy atom. The van der Waals surface area contributed by atoms with Crippen molar-refractivity contribution in [2.75, 3.05) is 0 Å².